The Morgan fingerprint density at radius 2 is 2.22 bits per heavy atom. The van der Waals surface area contributed by atoms with E-state index in [9.17, 15) is 0 Å². The summed E-state index contributed by atoms with van der Waals surface area (Å²) in [5, 5.41) is 8.64. The molecule has 0 heterocycles. The first-order valence-electron chi connectivity index (χ1n) is 2.80. The van der Waals surface area contributed by atoms with E-state index in [1.54, 1.807) is 0 Å². The molecule has 0 aliphatic rings. The number of allylic oxidation sites excluding steroid dienone is 2. The molecule has 0 rings (SSSR count). The number of hydrogen-bond acceptors (Lipinski definition) is 1. The molecule has 0 saturated heterocycles. The lowest BCUT2D eigenvalue weighted by Gasteiger charge is -1.92. The molecule has 0 aliphatic carbocycles. The minimum absolute atomic E-state index is 0.111. The standard InChI is InChI=1S/C7H11BrO/c1-3-7(5-9)4-6(2)8/h3-4,9H,5H2,1-2H3/b6-4+,7-3+. The fraction of sp³-hybridized carbons (Fsp3) is 0.429. The quantitative estimate of drug-likeness (QED) is 0.663. The highest BCUT2D eigenvalue weighted by molar-refractivity contribution is 9.11. The Bertz CT molecular complexity index is 132. The Morgan fingerprint density at radius 3 is 2.33 bits per heavy atom. The first-order valence-corrected chi connectivity index (χ1v) is 3.60. The van der Waals surface area contributed by atoms with Crippen molar-refractivity contribution in [3.8, 4) is 0 Å². The molecule has 0 unspecified atom stereocenters. The van der Waals surface area contributed by atoms with Gasteiger partial charge in [-0.15, -0.1) is 0 Å². The van der Waals surface area contributed by atoms with Crippen molar-refractivity contribution in [1.29, 1.82) is 0 Å². The van der Waals surface area contributed by atoms with E-state index in [-0.39, 0.29) is 6.61 Å². The molecule has 0 saturated carbocycles. The third kappa shape index (κ3) is 4.43. The van der Waals surface area contributed by atoms with E-state index in [1.807, 2.05) is 26.0 Å². The molecular weight excluding hydrogens is 180 g/mol. The molecule has 52 valence electrons. The summed E-state index contributed by atoms with van der Waals surface area (Å²) in [6.45, 7) is 3.94. The van der Waals surface area contributed by atoms with E-state index < -0.39 is 0 Å². The lowest BCUT2D eigenvalue weighted by molar-refractivity contribution is 0.335. The second-order valence-electron chi connectivity index (χ2n) is 1.75. The predicted molar refractivity (Wildman–Crippen MR) is 43.5 cm³/mol. The number of aliphatic hydroxyl groups excluding tert-OH is 1. The van der Waals surface area contributed by atoms with Gasteiger partial charge in [0.2, 0.25) is 0 Å². The van der Waals surface area contributed by atoms with Crippen LogP contribution in [0.5, 0.6) is 0 Å². The van der Waals surface area contributed by atoms with Gasteiger partial charge in [-0.3, -0.25) is 0 Å². The third-order valence-corrected chi connectivity index (χ3v) is 1.17. The summed E-state index contributed by atoms with van der Waals surface area (Å²) in [5.74, 6) is 0. The average molecular weight is 191 g/mol. The zero-order valence-electron chi connectivity index (χ0n) is 5.69. The fourth-order valence-electron chi connectivity index (χ4n) is 0.476. The summed E-state index contributed by atoms with van der Waals surface area (Å²) in [6.07, 6.45) is 3.77. The Hall–Kier alpha value is -0.0800. The first kappa shape index (κ1) is 8.92. The molecule has 0 aliphatic heterocycles. The summed E-state index contributed by atoms with van der Waals surface area (Å²) < 4.78 is 1.03. The number of rotatable bonds is 2. The van der Waals surface area contributed by atoms with Gasteiger partial charge in [0.05, 0.1) is 6.61 Å². The van der Waals surface area contributed by atoms with Crippen LogP contribution in [0.3, 0.4) is 0 Å². The summed E-state index contributed by atoms with van der Waals surface area (Å²) in [4.78, 5) is 0. The smallest absolute Gasteiger partial charge is 0.0678 e. The van der Waals surface area contributed by atoms with Crippen LogP contribution in [-0.4, -0.2) is 11.7 Å². The number of aliphatic hydroxyl groups is 1. The Labute approximate surface area is 64.2 Å². The average Bonchev–Trinajstić information content (AvgIpc) is 1.82. The van der Waals surface area contributed by atoms with Crippen LogP contribution in [0.25, 0.3) is 0 Å². The fourth-order valence-corrected chi connectivity index (χ4v) is 0.770. The van der Waals surface area contributed by atoms with E-state index in [0.717, 1.165) is 10.1 Å². The molecular formula is C7H11BrO. The van der Waals surface area contributed by atoms with Gasteiger partial charge < -0.3 is 5.11 Å². The molecule has 9 heavy (non-hydrogen) atoms. The van der Waals surface area contributed by atoms with Crippen molar-refractivity contribution >= 4 is 15.9 Å². The summed E-state index contributed by atoms with van der Waals surface area (Å²) >= 11 is 3.27. The summed E-state index contributed by atoms with van der Waals surface area (Å²) in [6, 6.07) is 0. The second kappa shape index (κ2) is 4.77. The van der Waals surface area contributed by atoms with Crippen LogP contribution in [0.4, 0.5) is 0 Å². The zero-order chi connectivity index (χ0) is 7.28. The highest BCUT2D eigenvalue weighted by atomic mass is 79.9. The maximum Gasteiger partial charge on any atom is 0.0678 e. The largest absolute Gasteiger partial charge is 0.392 e. The SMILES string of the molecule is C/C=C(\C=C(/C)Br)CO. The van der Waals surface area contributed by atoms with Crippen LogP contribution in [0.1, 0.15) is 13.8 Å². The lowest BCUT2D eigenvalue weighted by Crippen LogP contribution is -1.84. The van der Waals surface area contributed by atoms with Crippen LogP contribution in [0.15, 0.2) is 22.2 Å². The van der Waals surface area contributed by atoms with Crippen LogP contribution >= 0.6 is 15.9 Å². The highest BCUT2D eigenvalue weighted by Crippen LogP contribution is 2.06. The number of hydrogen-bond donors (Lipinski definition) is 1. The van der Waals surface area contributed by atoms with E-state index in [1.165, 1.54) is 0 Å². The topological polar surface area (TPSA) is 20.2 Å². The van der Waals surface area contributed by atoms with Gasteiger partial charge in [0.1, 0.15) is 0 Å². The Balaban J connectivity index is 4.01. The van der Waals surface area contributed by atoms with Crippen molar-refractivity contribution < 1.29 is 5.11 Å². The van der Waals surface area contributed by atoms with Gasteiger partial charge in [-0.2, -0.15) is 0 Å². The van der Waals surface area contributed by atoms with Crippen molar-refractivity contribution in [3.63, 3.8) is 0 Å². The Morgan fingerprint density at radius 1 is 1.67 bits per heavy atom. The maximum atomic E-state index is 8.64. The van der Waals surface area contributed by atoms with E-state index in [0.29, 0.717) is 0 Å². The van der Waals surface area contributed by atoms with Gasteiger partial charge >= 0.3 is 0 Å². The van der Waals surface area contributed by atoms with Crippen molar-refractivity contribution in [2.75, 3.05) is 6.61 Å². The lowest BCUT2D eigenvalue weighted by atomic mass is 10.2. The van der Waals surface area contributed by atoms with Crippen LogP contribution in [0, 0.1) is 0 Å². The minimum atomic E-state index is 0.111. The third-order valence-electron chi connectivity index (χ3n) is 0.938. The van der Waals surface area contributed by atoms with E-state index >= 15 is 0 Å². The van der Waals surface area contributed by atoms with Gasteiger partial charge in [-0.05, 0) is 30.0 Å². The summed E-state index contributed by atoms with van der Waals surface area (Å²) in [5.41, 5.74) is 0.935. The monoisotopic (exact) mass is 190 g/mol. The van der Waals surface area contributed by atoms with E-state index in [2.05, 4.69) is 15.9 Å². The molecule has 0 aromatic heterocycles. The van der Waals surface area contributed by atoms with Crippen molar-refractivity contribution in [2.45, 2.75) is 13.8 Å². The van der Waals surface area contributed by atoms with Gasteiger partial charge in [-0.25, -0.2) is 0 Å². The molecule has 0 aromatic rings. The molecule has 0 bridgehead atoms. The molecule has 0 amide bonds. The first-order chi connectivity index (χ1) is 4.20. The molecule has 0 spiro atoms. The van der Waals surface area contributed by atoms with Crippen LogP contribution in [-0.2, 0) is 0 Å². The highest BCUT2D eigenvalue weighted by Gasteiger charge is 1.86. The van der Waals surface area contributed by atoms with Gasteiger partial charge in [0.25, 0.3) is 0 Å². The van der Waals surface area contributed by atoms with Crippen molar-refractivity contribution in [2.24, 2.45) is 0 Å². The molecule has 0 radical (unpaired) electrons. The predicted octanol–water partition coefficient (Wildman–Crippen LogP) is 2.22. The molecule has 1 N–H and O–H groups in total. The van der Waals surface area contributed by atoms with E-state index in [4.69, 9.17) is 5.11 Å². The number of halogens is 1. The summed E-state index contributed by atoms with van der Waals surface area (Å²) in [7, 11) is 0. The van der Waals surface area contributed by atoms with Gasteiger partial charge in [-0.1, -0.05) is 22.0 Å². The van der Waals surface area contributed by atoms with Crippen LogP contribution in [0.2, 0.25) is 0 Å². The van der Waals surface area contributed by atoms with Crippen LogP contribution < -0.4 is 0 Å². The molecule has 2 heteroatoms. The van der Waals surface area contributed by atoms with Gasteiger partial charge in [0.15, 0.2) is 0 Å². The second-order valence-corrected chi connectivity index (χ2v) is 3.00. The van der Waals surface area contributed by atoms with Crippen molar-refractivity contribution in [3.05, 3.63) is 22.2 Å². The maximum absolute atomic E-state index is 8.64. The minimum Gasteiger partial charge on any atom is -0.392 e. The van der Waals surface area contributed by atoms with Gasteiger partial charge in [0, 0.05) is 0 Å². The molecule has 0 aromatic carbocycles. The molecule has 0 atom stereocenters. The van der Waals surface area contributed by atoms with Crippen molar-refractivity contribution in [1.82, 2.24) is 0 Å². The normalized spacial score (nSPS) is 14.2. The molecule has 0 fully saturated rings. The Kier molecular flexibility index (Phi) is 4.72. The molecule has 1 nitrogen and oxygen atoms in total. The zero-order valence-corrected chi connectivity index (χ0v) is 7.27.